The summed E-state index contributed by atoms with van der Waals surface area (Å²) in [7, 11) is 1.65. The lowest BCUT2D eigenvalue weighted by Gasteiger charge is -2.09. The molecule has 0 bridgehead atoms. The number of methoxy groups -OCH3 is 1. The minimum Gasteiger partial charge on any atom is -0.382 e. The third-order valence-electron chi connectivity index (χ3n) is 1.28. The number of ether oxygens (including phenoxy) is 3. The van der Waals surface area contributed by atoms with Crippen LogP contribution in [-0.2, 0) is 14.2 Å². The van der Waals surface area contributed by atoms with Gasteiger partial charge in [0.25, 0.3) is 0 Å². The first-order valence-electron chi connectivity index (χ1n) is 4.05. The van der Waals surface area contributed by atoms with E-state index in [1.54, 1.807) is 7.11 Å². The van der Waals surface area contributed by atoms with Crippen LogP contribution in [-0.4, -0.2) is 45.5 Å². The molecule has 0 N–H and O–H groups in total. The quantitative estimate of drug-likeness (QED) is 0.433. The summed E-state index contributed by atoms with van der Waals surface area (Å²) in [6.07, 6.45) is 0.109. The Morgan fingerprint density at radius 1 is 1.17 bits per heavy atom. The molecule has 0 aromatic heterocycles. The average Bonchev–Trinajstić information content (AvgIpc) is 2.10. The van der Waals surface area contributed by atoms with Gasteiger partial charge in [-0.15, -0.1) is 11.6 Å². The zero-order valence-corrected chi connectivity index (χ0v) is 8.47. The van der Waals surface area contributed by atoms with Crippen molar-refractivity contribution in [2.75, 3.05) is 39.4 Å². The van der Waals surface area contributed by atoms with Crippen LogP contribution in [0.1, 0.15) is 6.92 Å². The highest BCUT2D eigenvalue weighted by Crippen LogP contribution is 1.92. The lowest BCUT2D eigenvalue weighted by atomic mass is 10.5. The van der Waals surface area contributed by atoms with E-state index in [4.69, 9.17) is 25.8 Å². The lowest BCUT2D eigenvalue weighted by molar-refractivity contribution is 0.00609. The van der Waals surface area contributed by atoms with Gasteiger partial charge in [-0.25, -0.2) is 0 Å². The van der Waals surface area contributed by atoms with Crippen LogP contribution in [0.5, 0.6) is 0 Å². The first-order valence-corrected chi connectivity index (χ1v) is 4.59. The molecule has 74 valence electrons. The highest BCUT2D eigenvalue weighted by Gasteiger charge is 1.97. The molecule has 0 fully saturated rings. The van der Waals surface area contributed by atoms with Gasteiger partial charge in [0.1, 0.15) is 0 Å². The largest absolute Gasteiger partial charge is 0.382 e. The molecular weight excluding hydrogens is 180 g/mol. The molecule has 0 heterocycles. The lowest BCUT2D eigenvalue weighted by Crippen LogP contribution is -2.15. The van der Waals surface area contributed by atoms with Crippen LogP contribution in [0.2, 0.25) is 0 Å². The fourth-order valence-corrected chi connectivity index (χ4v) is 0.686. The molecule has 0 aliphatic carbocycles. The summed E-state index contributed by atoms with van der Waals surface area (Å²) in [5, 5.41) is 0. The van der Waals surface area contributed by atoms with Gasteiger partial charge in [-0.2, -0.15) is 0 Å². The molecule has 0 saturated carbocycles. The van der Waals surface area contributed by atoms with Crippen molar-refractivity contribution in [2.45, 2.75) is 13.0 Å². The normalized spacial score (nSPS) is 13.2. The Morgan fingerprint density at radius 3 is 2.42 bits per heavy atom. The third kappa shape index (κ3) is 8.27. The summed E-state index contributed by atoms with van der Waals surface area (Å²) in [6.45, 7) is 4.38. The van der Waals surface area contributed by atoms with Crippen LogP contribution in [0.25, 0.3) is 0 Å². The van der Waals surface area contributed by atoms with Crippen molar-refractivity contribution >= 4 is 11.6 Å². The van der Waals surface area contributed by atoms with Gasteiger partial charge < -0.3 is 14.2 Å². The van der Waals surface area contributed by atoms with E-state index in [1.165, 1.54) is 0 Å². The molecule has 0 radical (unpaired) electrons. The van der Waals surface area contributed by atoms with Crippen molar-refractivity contribution in [3.63, 3.8) is 0 Å². The van der Waals surface area contributed by atoms with Gasteiger partial charge in [0, 0.05) is 13.0 Å². The van der Waals surface area contributed by atoms with Gasteiger partial charge >= 0.3 is 0 Å². The van der Waals surface area contributed by atoms with Gasteiger partial charge in [0.2, 0.25) is 0 Å². The Labute approximate surface area is 78.9 Å². The molecule has 12 heavy (non-hydrogen) atoms. The van der Waals surface area contributed by atoms with Crippen LogP contribution >= 0.6 is 11.6 Å². The number of hydrogen-bond acceptors (Lipinski definition) is 3. The second-order valence-corrected chi connectivity index (χ2v) is 2.75. The fourth-order valence-electron chi connectivity index (χ4n) is 0.597. The van der Waals surface area contributed by atoms with Crippen molar-refractivity contribution in [1.82, 2.24) is 0 Å². The van der Waals surface area contributed by atoms with Gasteiger partial charge in [-0.05, 0) is 6.92 Å². The van der Waals surface area contributed by atoms with Crippen LogP contribution in [0.3, 0.4) is 0 Å². The molecule has 0 aromatic rings. The SMILES string of the molecule is COCCOCCOC(C)CCl. The van der Waals surface area contributed by atoms with Gasteiger partial charge in [0.15, 0.2) is 0 Å². The van der Waals surface area contributed by atoms with E-state index in [9.17, 15) is 0 Å². The maximum Gasteiger partial charge on any atom is 0.0704 e. The molecule has 1 atom stereocenters. The molecule has 4 heteroatoms. The van der Waals surface area contributed by atoms with Crippen LogP contribution in [0.4, 0.5) is 0 Å². The number of rotatable bonds is 8. The van der Waals surface area contributed by atoms with Crippen molar-refractivity contribution in [3.8, 4) is 0 Å². The second kappa shape index (κ2) is 9.26. The van der Waals surface area contributed by atoms with Crippen molar-refractivity contribution in [3.05, 3.63) is 0 Å². The minimum atomic E-state index is 0.109. The summed E-state index contributed by atoms with van der Waals surface area (Å²) in [4.78, 5) is 0. The number of alkyl halides is 1. The Morgan fingerprint density at radius 2 is 1.83 bits per heavy atom. The predicted octanol–water partition coefficient (Wildman–Crippen LogP) is 1.29. The van der Waals surface area contributed by atoms with E-state index in [2.05, 4.69) is 0 Å². The zero-order chi connectivity index (χ0) is 9.23. The molecule has 1 unspecified atom stereocenters. The summed E-state index contributed by atoms with van der Waals surface area (Å²) in [6, 6.07) is 0. The summed E-state index contributed by atoms with van der Waals surface area (Å²) >= 11 is 5.53. The third-order valence-corrected chi connectivity index (χ3v) is 1.71. The molecule has 0 saturated heterocycles. The maximum atomic E-state index is 5.53. The topological polar surface area (TPSA) is 27.7 Å². The zero-order valence-electron chi connectivity index (χ0n) is 7.72. The van der Waals surface area contributed by atoms with E-state index in [-0.39, 0.29) is 6.10 Å². The Kier molecular flexibility index (Phi) is 9.39. The van der Waals surface area contributed by atoms with E-state index >= 15 is 0 Å². The Hall–Kier alpha value is 0.170. The van der Waals surface area contributed by atoms with Gasteiger partial charge in [-0.1, -0.05) is 0 Å². The molecule has 0 aliphatic rings. The molecule has 3 nitrogen and oxygen atoms in total. The van der Waals surface area contributed by atoms with Crippen molar-refractivity contribution < 1.29 is 14.2 Å². The first-order chi connectivity index (χ1) is 5.81. The summed E-state index contributed by atoms with van der Waals surface area (Å²) < 4.78 is 15.3. The molecular formula is C8H17ClO3. The molecule has 0 aliphatic heterocycles. The standard InChI is InChI=1S/C8H17ClO3/c1-8(7-9)12-6-5-11-4-3-10-2/h8H,3-7H2,1-2H3. The Balaban J connectivity index is 2.90. The molecule has 0 amide bonds. The van der Waals surface area contributed by atoms with Crippen LogP contribution in [0.15, 0.2) is 0 Å². The van der Waals surface area contributed by atoms with Gasteiger partial charge in [0.05, 0.1) is 32.5 Å². The predicted molar refractivity (Wildman–Crippen MR) is 48.8 cm³/mol. The Bertz CT molecular complexity index is 90.4. The second-order valence-electron chi connectivity index (χ2n) is 2.44. The first kappa shape index (κ1) is 12.2. The molecule has 0 aromatic carbocycles. The maximum absolute atomic E-state index is 5.53. The number of halogens is 1. The summed E-state index contributed by atoms with van der Waals surface area (Å²) in [5.41, 5.74) is 0. The monoisotopic (exact) mass is 196 g/mol. The van der Waals surface area contributed by atoms with Crippen molar-refractivity contribution in [1.29, 1.82) is 0 Å². The highest BCUT2D eigenvalue weighted by atomic mass is 35.5. The van der Waals surface area contributed by atoms with Crippen LogP contribution < -0.4 is 0 Å². The van der Waals surface area contributed by atoms with E-state index < -0.39 is 0 Å². The number of hydrogen-bond donors (Lipinski definition) is 0. The highest BCUT2D eigenvalue weighted by molar-refractivity contribution is 6.18. The minimum absolute atomic E-state index is 0.109. The fraction of sp³-hybridized carbons (Fsp3) is 1.00. The molecule has 0 rings (SSSR count). The van der Waals surface area contributed by atoms with Crippen molar-refractivity contribution in [2.24, 2.45) is 0 Å². The van der Waals surface area contributed by atoms with Crippen LogP contribution in [0, 0.1) is 0 Å². The summed E-state index contributed by atoms with van der Waals surface area (Å²) in [5.74, 6) is 0.526. The van der Waals surface area contributed by atoms with E-state index in [1.807, 2.05) is 6.92 Å². The molecule has 0 spiro atoms. The van der Waals surface area contributed by atoms with E-state index in [0.717, 1.165) is 0 Å². The smallest absolute Gasteiger partial charge is 0.0704 e. The van der Waals surface area contributed by atoms with E-state index in [0.29, 0.717) is 32.3 Å². The van der Waals surface area contributed by atoms with Gasteiger partial charge in [-0.3, -0.25) is 0 Å². The average molecular weight is 197 g/mol.